The smallest absolute Gasteiger partial charge is 0.266 e. The molecule has 1 aromatic carbocycles. The highest BCUT2D eigenvalue weighted by molar-refractivity contribution is 7.67. The van der Waals surface area contributed by atoms with E-state index in [2.05, 4.69) is 4.28 Å². The molecule has 0 atom stereocenters. The number of nitrogens with zero attached hydrogens (tertiary/aromatic N) is 1. The maximum absolute atomic E-state index is 11.8. The minimum absolute atomic E-state index is 0.0147. The molecule has 6 nitrogen and oxygen atoms in total. The normalized spacial score (nSPS) is 14.5. The summed E-state index contributed by atoms with van der Waals surface area (Å²) in [5.41, 5.74) is -0.717. The minimum atomic E-state index is -3.47. The van der Waals surface area contributed by atoms with Crippen LogP contribution in [0.3, 0.4) is 0 Å². The van der Waals surface area contributed by atoms with Crippen LogP contribution in [0.25, 0.3) is 0 Å². The van der Waals surface area contributed by atoms with Crippen LogP contribution in [0.4, 0.5) is 0 Å². The van der Waals surface area contributed by atoms with Gasteiger partial charge in [-0.3, -0.25) is 9.59 Å². The molecule has 0 aliphatic carbocycles. The summed E-state index contributed by atoms with van der Waals surface area (Å²) >= 11 is 23.1. The van der Waals surface area contributed by atoms with Gasteiger partial charge in [0, 0.05) is 0 Å². The fourth-order valence-electron chi connectivity index (χ4n) is 1.47. The number of benzene rings is 1. The summed E-state index contributed by atoms with van der Waals surface area (Å²) in [6.07, 6.45) is 0. The molecule has 102 valence electrons. The second-order valence-electron chi connectivity index (χ2n) is 3.22. The highest BCUT2D eigenvalue weighted by atomic mass is 35.5. The molecule has 0 spiro atoms. The average molecular weight is 365 g/mol. The Morgan fingerprint density at radius 2 is 1.16 bits per heavy atom. The van der Waals surface area contributed by atoms with Gasteiger partial charge in [-0.1, -0.05) is 46.4 Å². The molecule has 2 amide bonds. The summed E-state index contributed by atoms with van der Waals surface area (Å²) in [6, 6.07) is 0. The Morgan fingerprint density at radius 1 is 0.789 bits per heavy atom. The van der Waals surface area contributed by atoms with E-state index < -0.39 is 22.8 Å². The van der Waals surface area contributed by atoms with Crippen molar-refractivity contribution in [3.05, 3.63) is 31.2 Å². The van der Waals surface area contributed by atoms with Crippen molar-refractivity contribution < 1.29 is 22.3 Å². The van der Waals surface area contributed by atoms with Gasteiger partial charge >= 0.3 is 0 Å². The first-order valence-electron chi connectivity index (χ1n) is 4.34. The molecule has 0 saturated carbocycles. The van der Waals surface area contributed by atoms with Crippen molar-refractivity contribution in [1.29, 1.82) is 0 Å². The molecule has 0 aromatic heterocycles. The molecule has 1 aromatic rings. The maximum atomic E-state index is 11.8. The zero-order valence-electron chi connectivity index (χ0n) is 8.45. The summed E-state index contributed by atoms with van der Waals surface area (Å²) in [7, 11) is -3.47. The van der Waals surface area contributed by atoms with Crippen LogP contribution >= 0.6 is 46.4 Å². The van der Waals surface area contributed by atoms with Crippen LogP contribution in [0.2, 0.25) is 20.1 Å². The van der Waals surface area contributed by atoms with Crippen molar-refractivity contribution in [2.24, 2.45) is 0 Å². The highest BCUT2D eigenvalue weighted by Gasteiger charge is 2.43. The molecule has 1 heterocycles. The molecule has 0 N–H and O–H groups in total. The summed E-state index contributed by atoms with van der Waals surface area (Å²) < 4.78 is 25.0. The van der Waals surface area contributed by atoms with E-state index in [-0.39, 0.29) is 36.3 Å². The quantitative estimate of drug-likeness (QED) is 0.377. The van der Waals surface area contributed by atoms with E-state index in [0.717, 1.165) is 0 Å². The number of amides is 2. The average Bonchev–Trinajstić information content (AvgIpc) is 2.58. The predicted molar refractivity (Wildman–Crippen MR) is 68.4 cm³/mol. The number of imide groups is 1. The lowest BCUT2D eigenvalue weighted by molar-refractivity contribution is -0.00748. The zero-order chi connectivity index (χ0) is 14.5. The number of hydrogen-bond donors (Lipinski definition) is 1. The van der Waals surface area contributed by atoms with Crippen molar-refractivity contribution in [3.63, 3.8) is 0 Å². The molecular weight excluding hydrogens is 364 g/mol. The molecule has 0 saturated heterocycles. The molecule has 1 aliphatic heterocycles. The summed E-state index contributed by atoms with van der Waals surface area (Å²) in [6.45, 7) is 0. The number of halogens is 4. The third-order valence-electron chi connectivity index (χ3n) is 2.21. The van der Waals surface area contributed by atoms with E-state index in [4.69, 9.17) is 46.4 Å². The van der Waals surface area contributed by atoms with Crippen LogP contribution in [-0.2, 0) is 15.3 Å². The second-order valence-corrected chi connectivity index (χ2v) is 5.34. The van der Waals surface area contributed by atoms with Crippen LogP contribution < -0.4 is 0 Å². The van der Waals surface area contributed by atoms with Crippen LogP contribution in [0.5, 0.6) is 0 Å². The Kier molecular flexibility index (Phi) is 3.97. The van der Waals surface area contributed by atoms with Gasteiger partial charge < -0.3 is 0 Å². The Hall–Kier alpha value is -0.570. The molecule has 1 aliphatic rings. The number of carbonyl (C=O) groups excluding carboxylic acids is 2. The van der Waals surface area contributed by atoms with E-state index in [1.165, 1.54) is 0 Å². The van der Waals surface area contributed by atoms with E-state index in [1.807, 2.05) is 0 Å². The zero-order valence-corrected chi connectivity index (χ0v) is 12.4. The predicted octanol–water partition coefficient (Wildman–Crippen LogP) is 2.35. The third-order valence-corrected chi connectivity index (χ3v) is 4.31. The van der Waals surface area contributed by atoms with E-state index in [9.17, 15) is 18.0 Å². The van der Waals surface area contributed by atoms with Gasteiger partial charge in [0.1, 0.15) is 0 Å². The lowest BCUT2D eigenvalue weighted by Gasteiger charge is -2.06. The monoisotopic (exact) mass is 363 g/mol. The largest absolute Gasteiger partial charge is 0.288 e. The Morgan fingerprint density at radius 3 is 1.47 bits per heavy atom. The van der Waals surface area contributed by atoms with Gasteiger partial charge in [-0.05, 0) is 0 Å². The first-order valence-corrected chi connectivity index (χ1v) is 6.95. The van der Waals surface area contributed by atoms with Gasteiger partial charge in [-0.2, -0.15) is 0 Å². The first-order chi connectivity index (χ1) is 8.77. The van der Waals surface area contributed by atoms with Crippen molar-refractivity contribution in [1.82, 2.24) is 5.06 Å². The van der Waals surface area contributed by atoms with Crippen molar-refractivity contribution in [2.75, 3.05) is 0 Å². The van der Waals surface area contributed by atoms with Gasteiger partial charge in [0.05, 0.1) is 31.2 Å². The SMILES string of the molecule is O=C1c2c(Cl)c(Cl)c(Cl)c(Cl)c2C(=O)N1O[SH](=O)=O. The van der Waals surface area contributed by atoms with Crippen molar-refractivity contribution >= 4 is 69.2 Å². The summed E-state index contributed by atoms with van der Waals surface area (Å²) in [4.78, 5) is 23.7. The minimum Gasteiger partial charge on any atom is -0.266 e. The van der Waals surface area contributed by atoms with Crippen molar-refractivity contribution in [2.45, 2.75) is 0 Å². The van der Waals surface area contributed by atoms with Crippen LogP contribution in [0.1, 0.15) is 20.7 Å². The Labute approximate surface area is 127 Å². The molecule has 0 bridgehead atoms. The highest BCUT2D eigenvalue weighted by Crippen LogP contribution is 2.44. The molecule has 19 heavy (non-hydrogen) atoms. The molecular formula is C8HCl4NO5S. The summed E-state index contributed by atoms with van der Waals surface area (Å²) in [5.74, 6) is -2.19. The summed E-state index contributed by atoms with van der Waals surface area (Å²) in [5, 5.41) is -1.04. The first kappa shape index (κ1) is 14.8. The number of carbonyl (C=O) groups is 2. The van der Waals surface area contributed by atoms with Gasteiger partial charge in [0.2, 0.25) is 0 Å². The van der Waals surface area contributed by atoms with Gasteiger partial charge in [-0.25, -0.2) is 8.42 Å². The van der Waals surface area contributed by atoms with E-state index >= 15 is 0 Å². The van der Waals surface area contributed by atoms with Gasteiger partial charge in [0.25, 0.3) is 22.8 Å². The fraction of sp³-hybridized carbons (Fsp3) is 0. The Balaban J connectivity index is 2.73. The Bertz CT molecular complexity index is 646. The lowest BCUT2D eigenvalue weighted by atomic mass is 10.1. The molecule has 0 unspecified atom stereocenters. The van der Waals surface area contributed by atoms with Gasteiger partial charge in [-0.15, -0.1) is 9.35 Å². The van der Waals surface area contributed by atoms with E-state index in [0.29, 0.717) is 0 Å². The van der Waals surface area contributed by atoms with Crippen LogP contribution in [-0.4, -0.2) is 25.3 Å². The van der Waals surface area contributed by atoms with E-state index in [1.54, 1.807) is 0 Å². The third kappa shape index (κ3) is 2.20. The second kappa shape index (κ2) is 5.08. The number of rotatable bonds is 2. The maximum Gasteiger partial charge on any atom is 0.288 e. The molecule has 0 radical (unpaired) electrons. The molecule has 11 heteroatoms. The number of thiol groups is 1. The number of fused-ring (bicyclic) bond motifs is 1. The lowest BCUT2D eigenvalue weighted by Crippen LogP contribution is -2.29. The fourth-order valence-corrected chi connectivity index (χ4v) is 2.77. The standard InChI is InChI=1S/C8HCl4NO5S/c9-3-1-2(4(10)6(12)5(3)11)8(15)13(7(1)14)18-19(16)17/h19H. The molecule has 0 fully saturated rings. The van der Waals surface area contributed by atoms with Crippen LogP contribution in [0.15, 0.2) is 0 Å². The number of hydrogen-bond acceptors (Lipinski definition) is 5. The number of hydroxylamine groups is 2. The van der Waals surface area contributed by atoms with Crippen LogP contribution in [0, 0.1) is 0 Å². The topological polar surface area (TPSA) is 80.8 Å². The van der Waals surface area contributed by atoms with Gasteiger partial charge in [0.15, 0.2) is 0 Å². The molecule has 2 rings (SSSR count). The van der Waals surface area contributed by atoms with Crippen molar-refractivity contribution in [3.8, 4) is 0 Å².